The van der Waals surface area contributed by atoms with E-state index in [0.29, 0.717) is 18.5 Å². The van der Waals surface area contributed by atoms with Gasteiger partial charge in [-0.1, -0.05) is 0 Å². The summed E-state index contributed by atoms with van der Waals surface area (Å²) in [5.74, 6) is 0.0100. The number of H-pyrrole nitrogens is 1. The third kappa shape index (κ3) is 1.73. The van der Waals surface area contributed by atoms with Crippen molar-refractivity contribution in [1.29, 1.82) is 0 Å². The Labute approximate surface area is 110 Å². The zero-order chi connectivity index (χ0) is 13.6. The molecule has 5 nitrogen and oxygen atoms in total. The number of fused-ring (bicyclic) bond motifs is 1. The highest BCUT2D eigenvalue weighted by Crippen LogP contribution is 2.27. The molecule has 2 aromatic rings. The number of hydrogen-bond acceptors (Lipinski definition) is 3. The van der Waals surface area contributed by atoms with Gasteiger partial charge in [-0.25, -0.2) is 4.98 Å². The molecule has 3 rings (SSSR count). The third-order valence-electron chi connectivity index (χ3n) is 3.83. The molecule has 1 fully saturated rings. The quantitative estimate of drug-likeness (QED) is 0.846. The van der Waals surface area contributed by atoms with E-state index in [1.807, 2.05) is 6.07 Å². The molecule has 0 bridgehead atoms. The van der Waals surface area contributed by atoms with Crippen LogP contribution >= 0.6 is 0 Å². The Hall–Kier alpha value is -2.17. The third-order valence-corrected chi connectivity index (χ3v) is 3.83. The monoisotopic (exact) mass is 257 g/mol. The van der Waals surface area contributed by atoms with Crippen LogP contribution in [0.15, 0.2) is 24.5 Å². The Kier molecular flexibility index (Phi) is 2.45. The zero-order valence-electron chi connectivity index (χ0n) is 10.9. The summed E-state index contributed by atoms with van der Waals surface area (Å²) in [5.41, 5.74) is 1.53. The summed E-state index contributed by atoms with van der Waals surface area (Å²) in [6, 6.07) is 5.35. The summed E-state index contributed by atoms with van der Waals surface area (Å²) < 4.78 is 0. The van der Waals surface area contributed by atoms with Crippen molar-refractivity contribution in [2.75, 3.05) is 6.54 Å². The maximum absolute atomic E-state index is 12.5. The van der Waals surface area contributed by atoms with Crippen molar-refractivity contribution in [2.24, 2.45) is 0 Å². The lowest BCUT2D eigenvalue weighted by Gasteiger charge is -2.30. The summed E-state index contributed by atoms with van der Waals surface area (Å²) in [6.07, 6.45) is 2.04. The van der Waals surface area contributed by atoms with Gasteiger partial charge in [-0.3, -0.25) is 9.59 Å². The molecular weight excluding hydrogens is 242 g/mol. The SMILES string of the molecule is CC1(C)C(=O)CCN1C(=O)c1ccc2nc[nH]c2c1. The van der Waals surface area contributed by atoms with Gasteiger partial charge in [-0.2, -0.15) is 0 Å². The largest absolute Gasteiger partial charge is 0.345 e. The maximum Gasteiger partial charge on any atom is 0.254 e. The van der Waals surface area contributed by atoms with E-state index in [2.05, 4.69) is 9.97 Å². The molecule has 1 amide bonds. The lowest BCUT2D eigenvalue weighted by Crippen LogP contribution is -2.46. The van der Waals surface area contributed by atoms with E-state index < -0.39 is 5.54 Å². The molecule has 1 N–H and O–H groups in total. The molecule has 0 unspecified atom stereocenters. The molecule has 1 aromatic carbocycles. The first-order valence-electron chi connectivity index (χ1n) is 6.28. The zero-order valence-corrected chi connectivity index (χ0v) is 10.9. The fourth-order valence-corrected chi connectivity index (χ4v) is 2.53. The number of ketones is 1. The normalized spacial score (nSPS) is 18.2. The van der Waals surface area contributed by atoms with E-state index in [4.69, 9.17) is 0 Å². The molecular formula is C14H15N3O2. The number of aromatic amines is 1. The highest BCUT2D eigenvalue weighted by Gasteiger charge is 2.42. The van der Waals surface area contributed by atoms with Gasteiger partial charge in [0.15, 0.2) is 5.78 Å². The number of rotatable bonds is 1. The van der Waals surface area contributed by atoms with Crippen LogP contribution in [0.1, 0.15) is 30.6 Å². The van der Waals surface area contributed by atoms with Crippen LogP contribution in [0.4, 0.5) is 0 Å². The number of likely N-dealkylation sites (tertiary alicyclic amines) is 1. The van der Waals surface area contributed by atoms with Crippen LogP contribution in [-0.4, -0.2) is 38.6 Å². The summed E-state index contributed by atoms with van der Waals surface area (Å²) in [4.78, 5) is 33.1. The fraction of sp³-hybridized carbons (Fsp3) is 0.357. The van der Waals surface area contributed by atoms with Gasteiger partial charge in [0.25, 0.3) is 5.91 Å². The minimum Gasteiger partial charge on any atom is -0.345 e. The molecule has 1 aliphatic rings. The number of amides is 1. The van der Waals surface area contributed by atoms with Crippen LogP contribution in [-0.2, 0) is 4.79 Å². The van der Waals surface area contributed by atoms with Gasteiger partial charge >= 0.3 is 0 Å². The number of carbonyl (C=O) groups excluding carboxylic acids is 2. The van der Waals surface area contributed by atoms with E-state index in [0.717, 1.165) is 11.0 Å². The molecule has 0 aliphatic carbocycles. The number of nitrogens with one attached hydrogen (secondary N) is 1. The Morgan fingerprint density at radius 2 is 2.21 bits per heavy atom. The predicted octanol–water partition coefficient (Wildman–Crippen LogP) is 1.76. The second-order valence-corrected chi connectivity index (χ2v) is 5.32. The number of Topliss-reactive ketones (excluding diaryl/α,β-unsaturated/α-hetero) is 1. The van der Waals surface area contributed by atoms with Gasteiger partial charge in [-0.05, 0) is 32.0 Å². The molecule has 0 radical (unpaired) electrons. The number of carbonyl (C=O) groups is 2. The topological polar surface area (TPSA) is 66.1 Å². The number of imidazole rings is 1. The lowest BCUT2D eigenvalue weighted by atomic mass is 10.00. The van der Waals surface area contributed by atoms with Gasteiger partial charge in [0.05, 0.1) is 22.9 Å². The van der Waals surface area contributed by atoms with Crippen molar-refractivity contribution >= 4 is 22.7 Å². The van der Waals surface area contributed by atoms with E-state index in [1.165, 1.54) is 0 Å². The number of benzene rings is 1. The Balaban J connectivity index is 1.97. The molecule has 19 heavy (non-hydrogen) atoms. The first-order valence-corrected chi connectivity index (χ1v) is 6.28. The van der Waals surface area contributed by atoms with Crippen molar-refractivity contribution in [1.82, 2.24) is 14.9 Å². The second kappa shape index (κ2) is 3.91. The Morgan fingerprint density at radius 1 is 1.42 bits per heavy atom. The van der Waals surface area contributed by atoms with Crippen molar-refractivity contribution in [3.05, 3.63) is 30.1 Å². The average Bonchev–Trinajstić information content (AvgIpc) is 2.94. The first kappa shape index (κ1) is 11.9. The lowest BCUT2D eigenvalue weighted by molar-refractivity contribution is -0.123. The molecule has 98 valence electrons. The highest BCUT2D eigenvalue weighted by atomic mass is 16.2. The van der Waals surface area contributed by atoms with Crippen molar-refractivity contribution in [3.63, 3.8) is 0 Å². The molecule has 1 saturated heterocycles. The fourth-order valence-electron chi connectivity index (χ4n) is 2.53. The summed E-state index contributed by atoms with van der Waals surface area (Å²) in [5, 5.41) is 0. The molecule has 0 saturated carbocycles. The minimum absolute atomic E-state index is 0.104. The smallest absolute Gasteiger partial charge is 0.254 e. The van der Waals surface area contributed by atoms with Crippen molar-refractivity contribution in [3.8, 4) is 0 Å². The van der Waals surface area contributed by atoms with Gasteiger partial charge < -0.3 is 9.88 Å². The van der Waals surface area contributed by atoms with E-state index in [9.17, 15) is 9.59 Å². The van der Waals surface area contributed by atoms with Crippen LogP contribution in [0, 0.1) is 0 Å². The number of aromatic nitrogens is 2. The number of hydrogen-bond donors (Lipinski definition) is 1. The molecule has 1 aliphatic heterocycles. The van der Waals surface area contributed by atoms with Crippen LogP contribution in [0.2, 0.25) is 0 Å². The highest BCUT2D eigenvalue weighted by molar-refractivity contribution is 6.03. The molecule has 5 heteroatoms. The summed E-state index contributed by atoms with van der Waals surface area (Å²) >= 11 is 0. The summed E-state index contributed by atoms with van der Waals surface area (Å²) in [7, 11) is 0. The molecule has 1 aromatic heterocycles. The Morgan fingerprint density at radius 3 is 2.89 bits per heavy atom. The predicted molar refractivity (Wildman–Crippen MR) is 70.8 cm³/mol. The molecule has 0 atom stereocenters. The van der Waals surface area contributed by atoms with Crippen LogP contribution in [0.3, 0.4) is 0 Å². The second-order valence-electron chi connectivity index (χ2n) is 5.32. The van der Waals surface area contributed by atoms with E-state index in [-0.39, 0.29) is 11.7 Å². The van der Waals surface area contributed by atoms with Gasteiger partial charge in [0.2, 0.25) is 0 Å². The minimum atomic E-state index is -0.708. The van der Waals surface area contributed by atoms with Crippen LogP contribution in [0.25, 0.3) is 11.0 Å². The van der Waals surface area contributed by atoms with E-state index in [1.54, 1.807) is 37.2 Å². The standard InChI is InChI=1S/C14H15N3O2/c1-14(2)12(18)5-6-17(14)13(19)9-3-4-10-11(7-9)16-8-15-10/h3-4,7-8H,5-6H2,1-2H3,(H,15,16). The molecule has 2 heterocycles. The Bertz CT molecular complexity index is 672. The van der Waals surface area contributed by atoms with E-state index >= 15 is 0 Å². The first-order chi connectivity index (χ1) is 9.00. The maximum atomic E-state index is 12.5. The van der Waals surface area contributed by atoms with Gasteiger partial charge in [0.1, 0.15) is 0 Å². The van der Waals surface area contributed by atoms with Crippen LogP contribution < -0.4 is 0 Å². The van der Waals surface area contributed by atoms with Gasteiger partial charge in [0, 0.05) is 18.5 Å². The van der Waals surface area contributed by atoms with Crippen LogP contribution in [0.5, 0.6) is 0 Å². The van der Waals surface area contributed by atoms with Gasteiger partial charge in [-0.15, -0.1) is 0 Å². The molecule has 0 spiro atoms. The van der Waals surface area contributed by atoms with Crippen molar-refractivity contribution in [2.45, 2.75) is 25.8 Å². The number of nitrogens with zero attached hydrogens (tertiary/aromatic N) is 2. The van der Waals surface area contributed by atoms with Crippen molar-refractivity contribution < 1.29 is 9.59 Å². The average molecular weight is 257 g/mol. The summed E-state index contributed by atoms with van der Waals surface area (Å²) in [6.45, 7) is 4.09.